The number of rotatable bonds is 5. The van der Waals surface area contributed by atoms with E-state index in [1.165, 1.54) is 19.3 Å². The van der Waals surface area contributed by atoms with Gasteiger partial charge in [0.25, 0.3) is 0 Å². The summed E-state index contributed by atoms with van der Waals surface area (Å²) in [5.74, 6) is 0.364. The minimum absolute atomic E-state index is 0.340. The van der Waals surface area contributed by atoms with Gasteiger partial charge < -0.3 is 14.8 Å². The number of anilines is 1. The van der Waals surface area contributed by atoms with E-state index in [1.807, 2.05) is 25.1 Å². The van der Waals surface area contributed by atoms with Gasteiger partial charge in [0.05, 0.1) is 19.4 Å². The van der Waals surface area contributed by atoms with Crippen molar-refractivity contribution in [2.75, 3.05) is 19.0 Å². The van der Waals surface area contributed by atoms with Crippen LogP contribution in [0.15, 0.2) is 24.4 Å². The molecule has 0 radical (unpaired) electrons. The van der Waals surface area contributed by atoms with E-state index >= 15 is 0 Å². The summed E-state index contributed by atoms with van der Waals surface area (Å²) in [6, 6.07) is 6.15. The number of hydrogen-bond donors (Lipinski definition) is 1. The molecule has 0 amide bonds. The highest BCUT2D eigenvalue weighted by Crippen LogP contribution is 2.33. The van der Waals surface area contributed by atoms with Crippen LogP contribution in [0.1, 0.15) is 49.4 Å². The Labute approximate surface area is 142 Å². The average Bonchev–Trinajstić information content (AvgIpc) is 2.62. The largest absolute Gasteiger partial charge is 0.494 e. The number of fused-ring (bicyclic) bond motifs is 1. The topological polar surface area (TPSA) is 60.5 Å². The minimum atomic E-state index is -0.340. The number of aromatic nitrogens is 1. The standard InChI is InChI=1S/C19H24N2O3/c1-3-24-19(22)15-12-20-18-14(10-7-11-16(18)23-2)17(15)21-13-8-5-4-6-9-13/h7,10-13H,3-6,8-9H2,1-2H3,(H,20,21). The van der Waals surface area contributed by atoms with Gasteiger partial charge in [-0.15, -0.1) is 0 Å². The first-order chi connectivity index (χ1) is 11.7. The maximum atomic E-state index is 12.4. The average molecular weight is 328 g/mol. The Bertz CT molecular complexity index is 724. The number of nitrogens with zero attached hydrogens (tertiary/aromatic N) is 1. The van der Waals surface area contributed by atoms with Crippen LogP contribution < -0.4 is 10.1 Å². The molecule has 1 N–H and O–H groups in total. The summed E-state index contributed by atoms with van der Waals surface area (Å²) >= 11 is 0. The molecule has 2 aromatic rings. The maximum Gasteiger partial charge on any atom is 0.341 e. The molecule has 1 aromatic carbocycles. The van der Waals surface area contributed by atoms with E-state index in [2.05, 4.69) is 10.3 Å². The highest BCUT2D eigenvalue weighted by atomic mass is 16.5. The molecular formula is C19H24N2O3. The highest BCUT2D eigenvalue weighted by Gasteiger charge is 2.21. The third kappa shape index (κ3) is 3.30. The fourth-order valence-corrected chi connectivity index (χ4v) is 3.33. The zero-order chi connectivity index (χ0) is 16.9. The third-order valence-electron chi connectivity index (χ3n) is 4.53. The summed E-state index contributed by atoms with van der Waals surface area (Å²) in [5, 5.41) is 4.48. The number of para-hydroxylation sites is 1. The van der Waals surface area contributed by atoms with E-state index < -0.39 is 0 Å². The molecule has 128 valence electrons. The van der Waals surface area contributed by atoms with Gasteiger partial charge >= 0.3 is 5.97 Å². The fourth-order valence-electron chi connectivity index (χ4n) is 3.33. The summed E-state index contributed by atoms with van der Waals surface area (Å²) in [4.78, 5) is 16.8. The summed E-state index contributed by atoms with van der Waals surface area (Å²) in [5.41, 5.74) is 2.05. The lowest BCUT2D eigenvalue weighted by Crippen LogP contribution is -2.24. The number of pyridine rings is 1. The molecule has 1 aromatic heterocycles. The number of carbonyl (C=O) groups is 1. The summed E-state index contributed by atoms with van der Waals surface area (Å²) in [7, 11) is 1.63. The van der Waals surface area contributed by atoms with Gasteiger partial charge in [-0.2, -0.15) is 0 Å². The van der Waals surface area contributed by atoms with Crippen LogP contribution in [0.3, 0.4) is 0 Å². The van der Waals surface area contributed by atoms with Gasteiger partial charge in [0.1, 0.15) is 16.8 Å². The number of carbonyl (C=O) groups excluding carboxylic acids is 1. The van der Waals surface area contributed by atoms with Crippen molar-refractivity contribution in [3.8, 4) is 5.75 Å². The smallest absolute Gasteiger partial charge is 0.341 e. The Morgan fingerprint density at radius 2 is 2.08 bits per heavy atom. The maximum absolute atomic E-state index is 12.4. The molecule has 0 saturated heterocycles. The normalized spacial score (nSPS) is 15.2. The lowest BCUT2D eigenvalue weighted by Gasteiger charge is -2.25. The summed E-state index contributed by atoms with van der Waals surface area (Å²) in [6.45, 7) is 2.15. The molecular weight excluding hydrogens is 304 g/mol. The Balaban J connectivity index is 2.08. The van der Waals surface area contributed by atoms with Gasteiger partial charge in [0.2, 0.25) is 0 Å². The second-order valence-electron chi connectivity index (χ2n) is 6.10. The SMILES string of the molecule is CCOC(=O)c1cnc2c(OC)cccc2c1NC1CCCCC1. The number of benzene rings is 1. The molecule has 1 aliphatic rings. The number of hydrogen-bond acceptors (Lipinski definition) is 5. The molecule has 0 bridgehead atoms. The van der Waals surface area contributed by atoms with Crippen molar-refractivity contribution in [1.82, 2.24) is 4.98 Å². The molecule has 1 aliphatic carbocycles. The predicted octanol–water partition coefficient (Wildman–Crippen LogP) is 4.16. The minimum Gasteiger partial charge on any atom is -0.494 e. The fraction of sp³-hybridized carbons (Fsp3) is 0.474. The van der Waals surface area contributed by atoms with Crippen LogP contribution in [0.2, 0.25) is 0 Å². The first-order valence-corrected chi connectivity index (χ1v) is 8.64. The zero-order valence-corrected chi connectivity index (χ0v) is 14.3. The van der Waals surface area contributed by atoms with Gasteiger partial charge in [-0.05, 0) is 25.8 Å². The van der Waals surface area contributed by atoms with Crippen molar-refractivity contribution in [2.45, 2.75) is 45.1 Å². The van der Waals surface area contributed by atoms with Crippen LogP contribution in [0.5, 0.6) is 5.75 Å². The zero-order valence-electron chi connectivity index (χ0n) is 14.3. The van der Waals surface area contributed by atoms with Crippen molar-refractivity contribution in [3.05, 3.63) is 30.0 Å². The Kier molecular flexibility index (Phi) is 5.18. The molecule has 1 saturated carbocycles. The van der Waals surface area contributed by atoms with Gasteiger partial charge in [-0.1, -0.05) is 31.4 Å². The van der Waals surface area contributed by atoms with Gasteiger partial charge in [0.15, 0.2) is 0 Å². The van der Waals surface area contributed by atoms with Gasteiger partial charge in [-0.25, -0.2) is 4.79 Å². The number of ether oxygens (including phenoxy) is 2. The summed E-state index contributed by atoms with van der Waals surface area (Å²) in [6.07, 6.45) is 7.56. The van der Waals surface area contributed by atoms with Crippen molar-refractivity contribution >= 4 is 22.6 Å². The van der Waals surface area contributed by atoms with E-state index in [9.17, 15) is 4.79 Å². The summed E-state index contributed by atoms with van der Waals surface area (Å²) < 4.78 is 10.6. The first kappa shape index (κ1) is 16.6. The second kappa shape index (κ2) is 7.51. The molecule has 0 aliphatic heterocycles. The molecule has 1 fully saturated rings. The van der Waals surface area contributed by atoms with Crippen LogP contribution in [0, 0.1) is 0 Å². The van der Waals surface area contributed by atoms with Crippen molar-refractivity contribution < 1.29 is 14.3 Å². The molecule has 0 spiro atoms. The Morgan fingerprint density at radius 3 is 2.79 bits per heavy atom. The third-order valence-corrected chi connectivity index (χ3v) is 4.53. The van der Waals surface area contributed by atoms with E-state index in [0.717, 1.165) is 29.4 Å². The van der Waals surface area contributed by atoms with Crippen LogP contribution in [-0.4, -0.2) is 30.7 Å². The van der Waals surface area contributed by atoms with Gasteiger partial charge in [-0.3, -0.25) is 4.98 Å². The predicted molar refractivity (Wildman–Crippen MR) is 94.7 cm³/mol. The van der Waals surface area contributed by atoms with E-state index in [4.69, 9.17) is 9.47 Å². The number of nitrogens with one attached hydrogen (secondary N) is 1. The molecule has 0 unspecified atom stereocenters. The quantitative estimate of drug-likeness (QED) is 0.835. The Hall–Kier alpha value is -2.30. The second-order valence-corrected chi connectivity index (χ2v) is 6.10. The van der Waals surface area contributed by atoms with Crippen LogP contribution >= 0.6 is 0 Å². The number of methoxy groups -OCH3 is 1. The lowest BCUT2D eigenvalue weighted by molar-refractivity contribution is 0.0527. The van der Waals surface area contributed by atoms with E-state index in [1.54, 1.807) is 13.3 Å². The molecule has 3 rings (SSSR count). The lowest BCUT2D eigenvalue weighted by atomic mass is 9.94. The van der Waals surface area contributed by atoms with Crippen LogP contribution in [-0.2, 0) is 4.74 Å². The number of esters is 1. The first-order valence-electron chi connectivity index (χ1n) is 8.64. The molecule has 5 heteroatoms. The van der Waals surface area contributed by atoms with E-state index in [0.29, 0.717) is 24.0 Å². The van der Waals surface area contributed by atoms with Crippen molar-refractivity contribution in [1.29, 1.82) is 0 Å². The molecule has 24 heavy (non-hydrogen) atoms. The van der Waals surface area contributed by atoms with Crippen molar-refractivity contribution in [3.63, 3.8) is 0 Å². The van der Waals surface area contributed by atoms with E-state index in [-0.39, 0.29) is 5.97 Å². The monoisotopic (exact) mass is 328 g/mol. The molecule has 0 atom stereocenters. The van der Waals surface area contributed by atoms with Crippen molar-refractivity contribution in [2.24, 2.45) is 0 Å². The highest BCUT2D eigenvalue weighted by molar-refractivity contribution is 6.06. The van der Waals surface area contributed by atoms with Crippen LogP contribution in [0.4, 0.5) is 5.69 Å². The molecule has 5 nitrogen and oxygen atoms in total. The molecule has 1 heterocycles. The van der Waals surface area contributed by atoms with Gasteiger partial charge in [0, 0.05) is 17.6 Å². The van der Waals surface area contributed by atoms with Crippen LogP contribution in [0.25, 0.3) is 10.9 Å². The Morgan fingerprint density at radius 1 is 1.29 bits per heavy atom.